The van der Waals surface area contributed by atoms with E-state index in [1.807, 2.05) is 34.6 Å². The molecule has 0 radical (unpaired) electrons. The number of hydrogen-bond donors (Lipinski definition) is 3. The van der Waals surface area contributed by atoms with Crippen LogP contribution >= 0.6 is 23.2 Å². The number of ether oxygens (including phenoxy) is 1. The average molecular weight is 663 g/mol. The highest BCUT2D eigenvalue weighted by Crippen LogP contribution is 2.52. The normalized spacial score (nSPS) is 21.9. The molecule has 242 valence electrons. The second-order valence-electron chi connectivity index (χ2n) is 13.3. The van der Waals surface area contributed by atoms with Crippen LogP contribution < -0.4 is 10.6 Å². The predicted octanol–water partition coefficient (Wildman–Crippen LogP) is 6.61. The van der Waals surface area contributed by atoms with Gasteiger partial charge >= 0.3 is 0 Å². The molecule has 1 saturated heterocycles. The van der Waals surface area contributed by atoms with Crippen molar-refractivity contribution in [1.29, 1.82) is 5.26 Å². The molecule has 2 aromatic carbocycles. The van der Waals surface area contributed by atoms with Crippen LogP contribution in [0.1, 0.15) is 64.5 Å². The van der Waals surface area contributed by atoms with Gasteiger partial charge in [-0.15, -0.1) is 0 Å². The van der Waals surface area contributed by atoms with Gasteiger partial charge in [0, 0.05) is 48.0 Å². The summed E-state index contributed by atoms with van der Waals surface area (Å²) >= 11 is 12.3. The third-order valence-electron chi connectivity index (χ3n) is 7.96. The zero-order valence-corrected chi connectivity index (χ0v) is 27.5. The zero-order chi connectivity index (χ0) is 33.2. The quantitative estimate of drug-likeness (QED) is 0.200. The summed E-state index contributed by atoms with van der Waals surface area (Å²) in [5, 5.41) is 30.6. The van der Waals surface area contributed by atoms with E-state index in [9.17, 15) is 10.1 Å². The lowest BCUT2D eigenvalue weighted by atomic mass is 9.62. The summed E-state index contributed by atoms with van der Waals surface area (Å²) < 4.78 is 39.1. The third kappa shape index (κ3) is 7.67. The lowest BCUT2D eigenvalue weighted by molar-refractivity contribution is -0.118. The fourth-order valence-corrected chi connectivity index (χ4v) is 6.47. The van der Waals surface area contributed by atoms with Gasteiger partial charge in [-0.25, -0.2) is 8.78 Å². The van der Waals surface area contributed by atoms with Gasteiger partial charge in [0.1, 0.15) is 17.0 Å². The molecule has 2 heterocycles. The SMILES string of the molecule is CC(C)(C)C[C@@H]1N[C@@H](C(=O)Nc2ccn(CC(C)(C)OCCCO)n2)[C@H](c2cccc(Cl)c2F)[C@@]1(C#N)c1ccc(Cl)cc1F. The highest BCUT2D eigenvalue weighted by molar-refractivity contribution is 6.31. The Labute approximate surface area is 272 Å². The molecular weight excluding hydrogens is 623 g/mol. The Morgan fingerprint density at radius 3 is 2.58 bits per heavy atom. The molecule has 1 aliphatic heterocycles. The molecule has 0 aliphatic carbocycles. The molecule has 0 spiro atoms. The summed E-state index contributed by atoms with van der Waals surface area (Å²) in [6.45, 7) is 10.5. The monoisotopic (exact) mass is 661 g/mol. The van der Waals surface area contributed by atoms with Crippen molar-refractivity contribution in [2.24, 2.45) is 5.41 Å². The summed E-state index contributed by atoms with van der Waals surface area (Å²) in [4.78, 5) is 14.1. The van der Waals surface area contributed by atoms with Crippen molar-refractivity contribution in [1.82, 2.24) is 15.1 Å². The van der Waals surface area contributed by atoms with Crippen LogP contribution in [0.5, 0.6) is 0 Å². The minimum atomic E-state index is -1.73. The van der Waals surface area contributed by atoms with Crippen molar-refractivity contribution >= 4 is 34.9 Å². The van der Waals surface area contributed by atoms with Gasteiger partial charge in [0.2, 0.25) is 5.91 Å². The molecule has 1 aliphatic rings. The molecule has 4 rings (SSSR count). The predicted molar refractivity (Wildman–Crippen MR) is 170 cm³/mol. The zero-order valence-electron chi connectivity index (χ0n) is 26.0. The number of anilines is 1. The molecule has 12 heteroatoms. The molecule has 1 aromatic heterocycles. The largest absolute Gasteiger partial charge is 0.396 e. The number of amides is 1. The molecule has 0 bridgehead atoms. The first-order valence-electron chi connectivity index (χ1n) is 14.8. The van der Waals surface area contributed by atoms with Crippen molar-refractivity contribution in [3.05, 3.63) is 81.5 Å². The Kier molecular flexibility index (Phi) is 10.6. The number of nitriles is 1. The standard InChI is InChI=1S/C33H39Cl2F2N5O3/c1-31(2,3)17-25-33(18-38,22-11-10-20(34)16-24(22)36)27(21-8-6-9-23(35)28(21)37)29(39-25)30(44)40-26-12-13-42(41-26)19-32(4,5)45-15-7-14-43/h6,8-13,16,25,27,29,39,43H,7,14-15,17,19H2,1-5H3,(H,40,41,44)/t25-,27-,29+,33-/m0/s1. The molecule has 1 fully saturated rings. The van der Waals surface area contributed by atoms with Gasteiger partial charge in [0.05, 0.1) is 29.3 Å². The van der Waals surface area contributed by atoms with Crippen molar-refractivity contribution in [3.63, 3.8) is 0 Å². The smallest absolute Gasteiger partial charge is 0.243 e. The molecular formula is C33H39Cl2F2N5O3. The van der Waals surface area contributed by atoms with E-state index >= 15 is 8.78 Å². The minimum Gasteiger partial charge on any atom is -0.396 e. The number of aromatic nitrogens is 2. The van der Waals surface area contributed by atoms with Crippen molar-refractivity contribution in [3.8, 4) is 6.07 Å². The van der Waals surface area contributed by atoms with Crippen LogP contribution in [0.25, 0.3) is 0 Å². The number of aliphatic hydroxyl groups excluding tert-OH is 1. The topological polar surface area (TPSA) is 112 Å². The van der Waals surface area contributed by atoms with Crippen LogP contribution in [-0.4, -0.2) is 51.7 Å². The van der Waals surface area contributed by atoms with Gasteiger partial charge in [0.25, 0.3) is 0 Å². The van der Waals surface area contributed by atoms with Crippen LogP contribution in [0.4, 0.5) is 14.6 Å². The summed E-state index contributed by atoms with van der Waals surface area (Å²) in [5.41, 5.74) is -2.68. The third-order valence-corrected chi connectivity index (χ3v) is 8.49. The molecule has 0 unspecified atom stereocenters. The van der Waals surface area contributed by atoms with E-state index in [0.717, 1.165) is 6.07 Å². The van der Waals surface area contributed by atoms with E-state index in [1.165, 1.54) is 24.3 Å². The number of benzene rings is 2. The Balaban J connectivity index is 1.78. The number of nitrogens with zero attached hydrogens (tertiary/aromatic N) is 3. The number of halogens is 4. The summed E-state index contributed by atoms with van der Waals surface area (Å²) in [6.07, 6.45) is 2.55. The highest BCUT2D eigenvalue weighted by Gasteiger charge is 2.61. The van der Waals surface area contributed by atoms with Crippen molar-refractivity contribution in [2.75, 3.05) is 18.5 Å². The summed E-state index contributed by atoms with van der Waals surface area (Å²) in [7, 11) is 0. The Bertz CT molecular complexity index is 1570. The van der Waals surface area contributed by atoms with Crippen molar-refractivity contribution in [2.45, 2.75) is 83.0 Å². The number of hydrogen-bond acceptors (Lipinski definition) is 6. The van der Waals surface area contributed by atoms with Gasteiger partial charge in [0.15, 0.2) is 5.82 Å². The van der Waals surface area contributed by atoms with Crippen molar-refractivity contribution < 1.29 is 23.4 Å². The maximum Gasteiger partial charge on any atom is 0.243 e. The maximum atomic E-state index is 15.9. The first-order chi connectivity index (χ1) is 21.1. The number of carbonyl (C=O) groups is 1. The molecule has 45 heavy (non-hydrogen) atoms. The molecule has 8 nitrogen and oxygen atoms in total. The van der Waals surface area contributed by atoms with Gasteiger partial charge < -0.3 is 20.5 Å². The first kappa shape index (κ1) is 34.8. The van der Waals surface area contributed by atoms with E-state index in [-0.39, 0.29) is 39.0 Å². The van der Waals surface area contributed by atoms with Crippen LogP contribution in [-0.2, 0) is 21.5 Å². The molecule has 3 aromatic rings. The minimum absolute atomic E-state index is 0.00327. The van der Waals surface area contributed by atoms with E-state index < -0.39 is 46.6 Å². The Morgan fingerprint density at radius 2 is 1.93 bits per heavy atom. The second-order valence-corrected chi connectivity index (χ2v) is 14.1. The molecule has 3 N–H and O–H groups in total. The van der Waals surface area contributed by atoms with Crippen LogP contribution in [0.15, 0.2) is 48.7 Å². The van der Waals surface area contributed by atoms with Crippen LogP contribution in [0, 0.1) is 28.4 Å². The number of aliphatic hydroxyl groups is 1. The number of carbonyl (C=O) groups excluding carboxylic acids is 1. The highest BCUT2D eigenvalue weighted by atomic mass is 35.5. The molecule has 4 atom stereocenters. The van der Waals surface area contributed by atoms with Crippen LogP contribution in [0.2, 0.25) is 10.0 Å². The lowest BCUT2D eigenvalue weighted by Gasteiger charge is -2.37. The summed E-state index contributed by atoms with van der Waals surface area (Å²) in [6, 6.07) is 10.4. The van der Waals surface area contributed by atoms with Crippen LogP contribution in [0.3, 0.4) is 0 Å². The van der Waals surface area contributed by atoms with Gasteiger partial charge in [-0.1, -0.05) is 62.2 Å². The first-order valence-corrected chi connectivity index (χ1v) is 15.5. The van der Waals surface area contributed by atoms with E-state index in [0.29, 0.717) is 26.0 Å². The van der Waals surface area contributed by atoms with Gasteiger partial charge in [-0.3, -0.25) is 9.48 Å². The van der Waals surface area contributed by atoms with E-state index in [4.69, 9.17) is 33.0 Å². The fraction of sp³-hybridized carbons (Fsp3) is 0.485. The van der Waals surface area contributed by atoms with Gasteiger partial charge in [-0.05, 0) is 55.9 Å². The Hall–Kier alpha value is -3.07. The fourth-order valence-electron chi connectivity index (χ4n) is 6.13. The number of rotatable bonds is 11. The average Bonchev–Trinajstić information content (AvgIpc) is 3.50. The Morgan fingerprint density at radius 1 is 1.20 bits per heavy atom. The lowest BCUT2D eigenvalue weighted by Crippen LogP contribution is -2.45. The van der Waals surface area contributed by atoms with E-state index in [2.05, 4.69) is 21.8 Å². The van der Waals surface area contributed by atoms with Gasteiger partial charge in [-0.2, -0.15) is 10.4 Å². The second kappa shape index (κ2) is 13.7. The molecule has 1 amide bonds. The number of nitrogens with one attached hydrogen (secondary N) is 2. The maximum absolute atomic E-state index is 15.9. The van der Waals surface area contributed by atoms with E-state index in [1.54, 1.807) is 23.0 Å². The summed E-state index contributed by atoms with van der Waals surface area (Å²) in [5.74, 6) is -3.06. The molecule has 0 saturated carbocycles.